The second-order valence-corrected chi connectivity index (χ2v) is 4.73. The van der Waals surface area contributed by atoms with Gasteiger partial charge in [0, 0.05) is 5.56 Å². The first-order chi connectivity index (χ1) is 9.82. The minimum atomic E-state index is -2.94. The maximum atomic E-state index is 12.9. The minimum absolute atomic E-state index is 0.111. The van der Waals surface area contributed by atoms with Crippen LogP contribution in [-0.4, -0.2) is 30.8 Å². The zero-order chi connectivity index (χ0) is 16.3. The lowest BCUT2D eigenvalue weighted by atomic mass is 9.95. The number of hydrogen-bond acceptors (Lipinski definition) is 2. The standard InChI is InChI=1S/C13H11ClF2O3.CH3F/c1-5-3-9(14)10-7(6(5)2)4-8(13(17)18)11(19-10)12(15)16;1-2/h3-4,11-12H,1-2H3,(H,17,18);1H3. The van der Waals surface area contributed by atoms with E-state index in [0.29, 0.717) is 12.7 Å². The molecule has 1 unspecified atom stereocenters. The molecule has 21 heavy (non-hydrogen) atoms. The van der Waals surface area contributed by atoms with Crippen LogP contribution in [0.3, 0.4) is 0 Å². The van der Waals surface area contributed by atoms with Gasteiger partial charge in [0.2, 0.25) is 0 Å². The highest BCUT2D eigenvalue weighted by atomic mass is 35.5. The van der Waals surface area contributed by atoms with Crippen LogP contribution in [0, 0.1) is 13.8 Å². The molecular formula is C14H14ClF3O3. The normalized spacial score (nSPS) is 16.4. The Morgan fingerprint density at radius 3 is 2.43 bits per heavy atom. The zero-order valence-corrected chi connectivity index (χ0v) is 12.3. The van der Waals surface area contributed by atoms with Crippen LogP contribution in [-0.2, 0) is 4.79 Å². The van der Waals surface area contributed by atoms with Crippen molar-refractivity contribution in [1.29, 1.82) is 0 Å². The van der Waals surface area contributed by atoms with E-state index in [1.54, 1.807) is 19.9 Å². The number of aliphatic carboxylic acids is 1. The van der Waals surface area contributed by atoms with E-state index in [1.165, 1.54) is 6.08 Å². The van der Waals surface area contributed by atoms with E-state index in [2.05, 4.69) is 0 Å². The van der Waals surface area contributed by atoms with Gasteiger partial charge in [0.15, 0.2) is 6.10 Å². The fraction of sp³-hybridized carbons (Fsp3) is 0.357. The molecule has 0 saturated carbocycles. The number of halogens is 4. The lowest BCUT2D eigenvalue weighted by Crippen LogP contribution is -2.34. The van der Waals surface area contributed by atoms with E-state index in [1.807, 2.05) is 0 Å². The number of fused-ring (bicyclic) bond motifs is 1. The SMILES string of the molecule is CF.Cc1cc(Cl)c2c(c1C)C=C(C(=O)O)C(C(F)F)O2. The monoisotopic (exact) mass is 322 g/mol. The zero-order valence-electron chi connectivity index (χ0n) is 11.6. The lowest BCUT2D eigenvalue weighted by molar-refractivity contribution is -0.134. The summed E-state index contributed by atoms with van der Waals surface area (Å²) in [6.07, 6.45) is -3.52. The van der Waals surface area contributed by atoms with Gasteiger partial charge in [-0.15, -0.1) is 0 Å². The molecule has 1 aliphatic rings. The molecule has 2 rings (SSSR count). The van der Waals surface area contributed by atoms with E-state index >= 15 is 0 Å². The van der Waals surface area contributed by atoms with Crippen LogP contribution in [0.4, 0.5) is 13.2 Å². The quantitative estimate of drug-likeness (QED) is 0.894. The number of benzene rings is 1. The summed E-state index contributed by atoms with van der Waals surface area (Å²) in [4.78, 5) is 11.0. The molecule has 0 saturated heterocycles. The van der Waals surface area contributed by atoms with Crippen molar-refractivity contribution in [2.75, 3.05) is 7.18 Å². The van der Waals surface area contributed by atoms with Crippen molar-refractivity contribution in [2.45, 2.75) is 26.4 Å². The highest BCUT2D eigenvalue weighted by Crippen LogP contribution is 2.40. The van der Waals surface area contributed by atoms with Crippen LogP contribution in [0.25, 0.3) is 6.08 Å². The molecule has 116 valence electrons. The molecule has 7 heteroatoms. The third-order valence-electron chi connectivity index (χ3n) is 3.13. The molecule has 0 radical (unpaired) electrons. The highest BCUT2D eigenvalue weighted by molar-refractivity contribution is 6.32. The molecule has 1 heterocycles. The third-order valence-corrected chi connectivity index (χ3v) is 3.41. The lowest BCUT2D eigenvalue weighted by Gasteiger charge is -2.27. The molecule has 1 aromatic carbocycles. The number of rotatable bonds is 2. The van der Waals surface area contributed by atoms with Gasteiger partial charge in [-0.25, -0.2) is 13.6 Å². The molecule has 1 N–H and O–H groups in total. The van der Waals surface area contributed by atoms with Gasteiger partial charge in [-0.3, -0.25) is 4.39 Å². The smallest absolute Gasteiger partial charge is 0.335 e. The predicted octanol–water partition coefficient (Wildman–Crippen LogP) is 4.04. The van der Waals surface area contributed by atoms with Gasteiger partial charge in [0.25, 0.3) is 6.43 Å². The van der Waals surface area contributed by atoms with Gasteiger partial charge in [-0.2, -0.15) is 0 Å². The first-order valence-corrected chi connectivity index (χ1v) is 6.28. The molecular weight excluding hydrogens is 309 g/mol. The van der Waals surface area contributed by atoms with Crippen LogP contribution in [0.15, 0.2) is 11.6 Å². The van der Waals surface area contributed by atoms with Crippen molar-refractivity contribution in [3.05, 3.63) is 33.4 Å². The van der Waals surface area contributed by atoms with E-state index in [9.17, 15) is 18.0 Å². The summed E-state index contributed by atoms with van der Waals surface area (Å²) in [7, 11) is 0.500. The fourth-order valence-corrected chi connectivity index (χ4v) is 2.28. The van der Waals surface area contributed by atoms with Gasteiger partial charge in [0.1, 0.15) is 5.75 Å². The Morgan fingerprint density at radius 1 is 1.38 bits per heavy atom. The molecule has 3 nitrogen and oxygen atoms in total. The second-order valence-electron chi connectivity index (χ2n) is 4.32. The molecule has 1 aliphatic heterocycles. The molecule has 0 amide bonds. The molecule has 0 spiro atoms. The Morgan fingerprint density at radius 2 is 1.95 bits per heavy atom. The summed E-state index contributed by atoms with van der Waals surface area (Å²) in [6.45, 7) is 3.56. The van der Waals surface area contributed by atoms with E-state index in [4.69, 9.17) is 21.4 Å². The summed E-state index contributed by atoms with van der Waals surface area (Å²) in [5, 5.41) is 9.20. The number of carboxylic acid groups (broad SMARTS) is 1. The second kappa shape index (κ2) is 6.85. The minimum Gasteiger partial charge on any atom is -0.478 e. The predicted molar refractivity (Wildman–Crippen MR) is 74.0 cm³/mol. The van der Waals surface area contributed by atoms with Crippen LogP contribution in [0.2, 0.25) is 5.02 Å². The van der Waals surface area contributed by atoms with E-state index in [-0.39, 0.29) is 10.8 Å². The fourth-order valence-electron chi connectivity index (χ4n) is 1.97. The van der Waals surface area contributed by atoms with Crippen molar-refractivity contribution in [2.24, 2.45) is 0 Å². The van der Waals surface area contributed by atoms with Crippen LogP contribution in [0.1, 0.15) is 16.7 Å². The van der Waals surface area contributed by atoms with Crippen molar-refractivity contribution in [1.82, 2.24) is 0 Å². The molecule has 1 aromatic rings. The number of alkyl halides is 3. The Kier molecular flexibility index (Phi) is 5.66. The van der Waals surface area contributed by atoms with Gasteiger partial charge >= 0.3 is 5.97 Å². The van der Waals surface area contributed by atoms with Crippen LogP contribution < -0.4 is 4.74 Å². The van der Waals surface area contributed by atoms with Crippen LogP contribution in [0.5, 0.6) is 5.75 Å². The van der Waals surface area contributed by atoms with E-state index < -0.39 is 24.1 Å². The van der Waals surface area contributed by atoms with Gasteiger partial charge in [-0.05, 0) is 37.1 Å². The topological polar surface area (TPSA) is 46.5 Å². The maximum Gasteiger partial charge on any atom is 0.335 e. The number of aryl methyl sites for hydroxylation is 1. The maximum absolute atomic E-state index is 12.9. The van der Waals surface area contributed by atoms with Crippen molar-refractivity contribution < 1.29 is 27.8 Å². The van der Waals surface area contributed by atoms with Gasteiger partial charge < -0.3 is 9.84 Å². The number of ether oxygens (including phenoxy) is 1. The van der Waals surface area contributed by atoms with Crippen molar-refractivity contribution in [3.63, 3.8) is 0 Å². The molecule has 1 atom stereocenters. The first kappa shape index (κ1) is 17.4. The van der Waals surface area contributed by atoms with Gasteiger partial charge in [0.05, 0.1) is 17.8 Å². The summed E-state index contributed by atoms with van der Waals surface area (Å²) >= 11 is 5.97. The van der Waals surface area contributed by atoms with E-state index in [0.717, 1.165) is 11.1 Å². The Bertz CT molecular complexity index is 585. The number of hydrogen-bond donors (Lipinski definition) is 1. The summed E-state index contributed by atoms with van der Waals surface area (Å²) in [6, 6.07) is 1.61. The average molecular weight is 323 g/mol. The summed E-state index contributed by atoms with van der Waals surface area (Å²) < 4.78 is 40.3. The molecule has 0 aliphatic carbocycles. The molecule has 0 aromatic heterocycles. The first-order valence-electron chi connectivity index (χ1n) is 5.90. The number of carbonyl (C=O) groups is 1. The highest BCUT2D eigenvalue weighted by Gasteiger charge is 2.36. The van der Waals surface area contributed by atoms with Gasteiger partial charge in [-0.1, -0.05) is 11.6 Å². The van der Waals surface area contributed by atoms with Crippen LogP contribution >= 0.6 is 11.6 Å². The Hall–Kier alpha value is -1.69. The average Bonchev–Trinajstić information content (AvgIpc) is 2.45. The van der Waals surface area contributed by atoms with Crippen molar-refractivity contribution >= 4 is 23.6 Å². The molecule has 0 fully saturated rings. The number of carboxylic acids is 1. The Labute approximate surface area is 125 Å². The largest absolute Gasteiger partial charge is 0.478 e. The molecule has 0 bridgehead atoms. The summed E-state index contributed by atoms with van der Waals surface area (Å²) in [5.74, 6) is -1.31. The Balaban J connectivity index is 0.00000106. The van der Waals surface area contributed by atoms with Crippen molar-refractivity contribution in [3.8, 4) is 5.75 Å². The third kappa shape index (κ3) is 3.32. The summed E-state index contributed by atoms with van der Waals surface area (Å²) in [5.41, 5.74) is 1.57.